The van der Waals surface area contributed by atoms with E-state index >= 15 is 0 Å². The van der Waals surface area contributed by atoms with Crippen molar-refractivity contribution in [2.75, 3.05) is 5.32 Å². The number of hydrogen-bond donors (Lipinski definition) is 2. The summed E-state index contributed by atoms with van der Waals surface area (Å²) in [7, 11) is 0. The lowest BCUT2D eigenvalue weighted by Crippen LogP contribution is -2.32. The van der Waals surface area contributed by atoms with Gasteiger partial charge in [0.1, 0.15) is 5.75 Å². The summed E-state index contributed by atoms with van der Waals surface area (Å²) < 4.78 is 5.77. The standard InChI is InChI=1S/C19H21NO4/c1-3-17(24-15-9-6-7-13(2)11-15)19(23)20-16-10-5-4-8-14(16)12-18(21)22/h4-11,17H,3,12H2,1-2H3,(H,20,23)(H,21,22). The topological polar surface area (TPSA) is 75.6 Å². The fourth-order valence-electron chi connectivity index (χ4n) is 2.35. The van der Waals surface area contributed by atoms with E-state index in [0.29, 0.717) is 23.4 Å². The molecule has 2 N–H and O–H groups in total. The smallest absolute Gasteiger partial charge is 0.307 e. The SMILES string of the molecule is CCC(Oc1cccc(C)c1)C(=O)Nc1ccccc1CC(=O)O. The van der Waals surface area contributed by atoms with Crippen molar-refractivity contribution in [2.24, 2.45) is 0 Å². The van der Waals surface area contributed by atoms with Crippen LogP contribution in [0, 0.1) is 6.92 Å². The van der Waals surface area contributed by atoms with Crippen LogP contribution in [0.5, 0.6) is 5.75 Å². The third-order valence-electron chi connectivity index (χ3n) is 3.55. The Hall–Kier alpha value is -2.82. The summed E-state index contributed by atoms with van der Waals surface area (Å²) in [6, 6.07) is 14.4. The number of anilines is 1. The van der Waals surface area contributed by atoms with E-state index in [-0.39, 0.29) is 12.3 Å². The Morgan fingerprint density at radius 2 is 1.92 bits per heavy atom. The van der Waals surface area contributed by atoms with Gasteiger partial charge in [0.25, 0.3) is 5.91 Å². The molecular weight excluding hydrogens is 306 g/mol. The molecule has 0 aliphatic carbocycles. The Morgan fingerprint density at radius 1 is 1.17 bits per heavy atom. The Morgan fingerprint density at radius 3 is 2.58 bits per heavy atom. The molecule has 0 bridgehead atoms. The molecule has 0 aromatic heterocycles. The fraction of sp³-hybridized carbons (Fsp3) is 0.263. The van der Waals surface area contributed by atoms with Crippen molar-refractivity contribution in [2.45, 2.75) is 32.8 Å². The van der Waals surface area contributed by atoms with E-state index in [1.54, 1.807) is 30.3 Å². The highest BCUT2D eigenvalue weighted by Crippen LogP contribution is 2.19. The number of aryl methyl sites for hydroxylation is 1. The quantitative estimate of drug-likeness (QED) is 0.817. The molecular formula is C19H21NO4. The normalized spacial score (nSPS) is 11.6. The van der Waals surface area contributed by atoms with Gasteiger partial charge in [-0.25, -0.2) is 0 Å². The molecule has 1 amide bonds. The number of rotatable bonds is 7. The second kappa shape index (κ2) is 8.15. The lowest BCUT2D eigenvalue weighted by Gasteiger charge is -2.18. The van der Waals surface area contributed by atoms with Gasteiger partial charge >= 0.3 is 5.97 Å². The summed E-state index contributed by atoms with van der Waals surface area (Å²) in [5.41, 5.74) is 2.11. The van der Waals surface area contributed by atoms with E-state index in [9.17, 15) is 9.59 Å². The first-order valence-electron chi connectivity index (χ1n) is 7.83. The summed E-state index contributed by atoms with van der Waals surface area (Å²) in [5, 5.41) is 11.7. The zero-order chi connectivity index (χ0) is 17.5. The van der Waals surface area contributed by atoms with Crippen molar-refractivity contribution in [3.8, 4) is 5.75 Å². The third-order valence-corrected chi connectivity index (χ3v) is 3.55. The van der Waals surface area contributed by atoms with E-state index in [1.807, 2.05) is 32.0 Å². The van der Waals surface area contributed by atoms with Crippen molar-refractivity contribution in [1.82, 2.24) is 0 Å². The molecule has 0 saturated heterocycles. The molecule has 0 heterocycles. The lowest BCUT2D eigenvalue weighted by molar-refractivity contribution is -0.136. The molecule has 0 spiro atoms. The molecule has 126 valence electrons. The van der Waals surface area contributed by atoms with Crippen molar-refractivity contribution < 1.29 is 19.4 Å². The van der Waals surface area contributed by atoms with E-state index < -0.39 is 12.1 Å². The Kier molecular flexibility index (Phi) is 5.95. The molecule has 2 aromatic rings. The van der Waals surface area contributed by atoms with Crippen LogP contribution in [0.25, 0.3) is 0 Å². The summed E-state index contributed by atoms with van der Waals surface area (Å²) in [5.74, 6) is -0.604. The molecule has 0 aliphatic heterocycles. The van der Waals surface area contributed by atoms with Gasteiger partial charge in [-0.2, -0.15) is 0 Å². The monoisotopic (exact) mass is 327 g/mol. The molecule has 2 rings (SSSR count). The number of hydrogen-bond acceptors (Lipinski definition) is 3. The van der Waals surface area contributed by atoms with Crippen molar-refractivity contribution >= 4 is 17.6 Å². The van der Waals surface area contributed by atoms with Crippen molar-refractivity contribution in [3.63, 3.8) is 0 Å². The number of carboxylic acid groups (broad SMARTS) is 1. The fourth-order valence-corrected chi connectivity index (χ4v) is 2.35. The van der Waals surface area contributed by atoms with Crippen LogP contribution in [-0.2, 0) is 16.0 Å². The van der Waals surface area contributed by atoms with Crippen LogP contribution in [-0.4, -0.2) is 23.1 Å². The van der Waals surface area contributed by atoms with Crippen LogP contribution in [0.3, 0.4) is 0 Å². The predicted molar refractivity (Wildman–Crippen MR) is 92.3 cm³/mol. The average Bonchev–Trinajstić information content (AvgIpc) is 2.54. The zero-order valence-electron chi connectivity index (χ0n) is 13.8. The molecule has 0 aliphatic rings. The molecule has 5 nitrogen and oxygen atoms in total. The maximum atomic E-state index is 12.5. The first-order valence-corrected chi connectivity index (χ1v) is 7.83. The van der Waals surface area contributed by atoms with E-state index in [2.05, 4.69) is 5.32 Å². The number of nitrogens with one attached hydrogen (secondary N) is 1. The van der Waals surface area contributed by atoms with E-state index in [1.165, 1.54) is 0 Å². The maximum Gasteiger partial charge on any atom is 0.307 e. The molecule has 24 heavy (non-hydrogen) atoms. The van der Waals surface area contributed by atoms with Crippen LogP contribution < -0.4 is 10.1 Å². The molecule has 1 unspecified atom stereocenters. The van der Waals surface area contributed by atoms with Crippen molar-refractivity contribution in [1.29, 1.82) is 0 Å². The largest absolute Gasteiger partial charge is 0.481 e. The lowest BCUT2D eigenvalue weighted by atomic mass is 10.1. The number of ether oxygens (including phenoxy) is 1. The average molecular weight is 327 g/mol. The highest BCUT2D eigenvalue weighted by molar-refractivity contribution is 5.95. The highest BCUT2D eigenvalue weighted by Gasteiger charge is 2.20. The highest BCUT2D eigenvalue weighted by atomic mass is 16.5. The summed E-state index contributed by atoms with van der Waals surface area (Å²) in [6.07, 6.45) is -0.294. The van der Waals surface area contributed by atoms with Gasteiger partial charge in [0, 0.05) is 5.69 Å². The van der Waals surface area contributed by atoms with Crippen LogP contribution in [0.1, 0.15) is 24.5 Å². The van der Waals surface area contributed by atoms with E-state index in [4.69, 9.17) is 9.84 Å². The van der Waals surface area contributed by atoms with Gasteiger partial charge in [-0.05, 0) is 42.7 Å². The van der Waals surface area contributed by atoms with Gasteiger partial charge in [0.05, 0.1) is 6.42 Å². The van der Waals surface area contributed by atoms with Crippen LogP contribution in [0.4, 0.5) is 5.69 Å². The molecule has 0 fully saturated rings. The van der Waals surface area contributed by atoms with Gasteiger partial charge < -0.3 is 15.2 Å². The first kappa shape index (κ1) is 17.5. The van der Waals surface area contributed by atoms with Gasteiger partial charge in [-0.3, -0.25) is 9.59 Å². The number of carbonyl (C=O) groups excluding carboxylic acids is 1. The number of aliphatic carboxylic acids is 1. The van der Waals surface area contributed by atoms with Gasteiger partial charge in [-0.15, -0.1) is 0 Å². The van der Waals surface area contributed by atoms with Gasteiger partial charge in [-0.1, -0.05) is 37.3 Å². The van der Waals surface area contributed by atoms with Crippen molar-refractivity contribution in [3.05, 3.63) is 59.7 Å². The summed E-state index contributed by atoms with van der Waals surface area (Å²) in [6.45, 7) is 3.82. The minimum absolute atomic E-state index is 0.147. The predicted octanol–water partition coefficient (Wildman–Crippen LogP) is 3.42. The third kappa shape index (κ3) is 4.84. The molecule has 1 atom stereocenters. The summed E-state index contributed by atoms with van der Waals surface area (Å²) >= 11 is 0. The Bertz CT molecular complexity index is 727. The second-order valence-corrected chi connectivity index (χ2v) is 5.55. The van der Waals surface area contributed by atoms with Gasteiger partial charge in [0.15, 0.2) is 6.10 Å². The molecule has 0 radical (unpaired) electrons. The Balaban J connectivity index is 2.11. The maximum absolute atomic E-state index is 12.5. The van der Waals surface area contributed by atoms with Gasteiger partial charge in [0.2, 0.25) is 0 Å². The summed E-state index contributed by atoms with van der Waals surface area (Å²) in [4.78, 5) is 23.4. The van der Waals surface area contributed by atoms with Crippen LogP contribution in [0.2, 0.25) is 0 Å². The number of carbonyl (C=O) groups is 2. The molecule has 5 heteroatoms. The molecule has 2 aromatic carbocycles. The van der Waals surface area contributed by atoms with Crippen LogP contribution in [0.15, 0.2) is 48.5 Å². The molecule has 0 saturated carbocycles. The Labute approximate surface area is 141 Å². The number of amides is 1. The minimum Gasteiger partial charge on any atom is -0.481 e. The first-order chi connectivity index (χ1) is 11.5. The number of para-hydroxylation sites is 1. The second-order valence-electron chi connectivity index (χ2n) is 5.55. The minimum atomic E-state index is -0.945. The number of benzene rings is 2. The zero-order valence-corrected chi connectivity index (χ0v) is 13.8. The van der Waals surface area contributed by atoms with E-state index in [0.717, 1.165) is 5.56 Å². The number of carboxylic acids is 1. The van der Waals surface area contributed by atoms with Crippen LogP contribution >= 0.6 is 0 Å².